The van der Waals surface area contributed by atoms with Crippen molar-refractivity contribution in [1.29, 1.82) is 0 Å². The fourth-order valence-corrected chi connectivity index (χ4v) is 2.88. The van der Waals surface area contributed by atoms with Crippen LogP contribution < -0.4 is 0 Å². The summed E-state index contributed by atoms with van der Waals surface area (Å²) in [6, 6.07) is 13.3. The number of esters is 3. The second kappa shape index (κ2) is 13.7. The van der Waals surface area contributed by atoms with Gasteiger partial charge >= 0.3 is 17.9 Å². The molecular weight excluding hydrogens is 464 g/mol. The van der Waals surface area contributed by atoms with Gasteiger partial charge in [0.05, 0.1) is 11.1 Å². The third kappa shape index (κ3) is 8.25. The van der Waals surface area contributed by atoms with Gasteiger partial charge in [0.15, 0.2) is 0 Å². The first-order valence-electron chi connectivity index (χ1n) is 11.1. The zero-order valence-electron chi connectivity index (χ0n) is 20.5. The van der Waals surface area contributed by atoms with E-state index in [2.05, 4.69) is 19.7 Å². The van der Waals surface area contributed by atoms with Gasteiger partial charge in [-0.1, -0.05) is 56.1 Å². The van der Waals surface area contributed by atoms with Crippen molar-refractivity contribution in [3.63, 3.8) is 0 Å². The molecule has 0 amide bonds. The molecular formula is C28H30O8. The van der Waals surface area contributed by atoms with E-state index in [1.807, 2.05) is 0 Å². The lowest BCUT2D eigenvalue weighted by atomic mass is 9.95. The van der Waals surface area contributed by atoms with Gasteiger partial charge in [-0.05, 0) is 42.7 Å². The minimum atomic E-state index is -1.21. The maximum absolute atomic E-state index is 12.8. The SMILES string of the molecule is C=C(C)C(=C)OCCOC(=O)c1ccccc1-c1ccccc1C(=O)OCC(O)COC(=O)C(=C)C. The Morgan fingerprint density at radius 2 is 1.19 bits per heavy atom. The molecule has 0 saturated heterocycles. The lowest BCUT2D eigenvalue weighted by Gasteiger charge is -2.15. The molecule has 2 rings (SSSR count). The van der Waals surface area contributed by atoms with Gasteiger partial charge < -0.3 is 24.1 Å². The third-order valence-corrected chi connectivity index (χ3v) is 4.82. The number of rotatable bonds is 13. The van der Waals surface area contributed by atoms with Gasteiger partial charge in [-0.3, -0.25) is 0 Å². The van der Waals surface area contributed by atoms with Crippen molar-refractivity contribution in [2.45, 2.75) is 20.0 Å². The molecule has 0 heterocycles. The van der Waals surface area contributed by atoms with E-state index in [4.69, 9.17) is 18.9 Å². The van der Waals surface area contributed by atoms with Gasteiger partial charge in [-0.15, -0.1) is 0 Å². The average molecular weight is 495 g/mol. The molecule has 2 aromatic rings. The summed E-state index contributed by atoms with van der Waals surface area (Å²) in [5.74, 6) is -1.54. The molecule has 1 N–H and O–H groups in total. The third-order valence-electron chi connectivity index (χ3n) is 4.82. The van der Waals surface area contributed by atoms with E-state index in [0.29, 0.717) is 22.5 Å². The van der Waals surface area contributed by atoms with Gasteiger partial charge in [-0.2, -0.15) is 0 Å². The van der Waals surface area contributed by atoms with Crippen LogP contribution in [0.5, 0.6) is 0 Å². The molecule has 0 spiro atoms. The summed E-state index contributed by atoms with van der Waals surface area (Å²) in [7, 11) is 0. The smallest absolute Gasteiger partial charge is 0.338 e. The van der Waals surface area contributed by atoms with Crippen molar-refractivity contribution in [2.75, 3.05) is 26.4 Å². The molecule has 0 aliphatic rings. The summed E-state index contributed by atoms with van der Waals surface area (Å²) >= 11 is 0. The number of allylic oxidation sites excluding steroid dienone is 1. The van der Waals surface area contributed by atoms with Crippen LogP contribution in [0.1, 0.15) is 34.6 Å². The summed E-state index contributed by atoms with van der Waals surface area (Å²) in [4.78, 5) is 37.0. The first kappa shape index (κ1) is 28.1. The number of ether oxygens (including phenoxy) is 4. The van der Waals surface area contributed by atoms with Crippen LogP contribution in [-0.2, 0) is 23.7 Å². The summed E-state index contributed by atoms with van der Waals surface area (Å²) in [5, 5.41) is 9.98. The Hall–Kier alpha value is -4.17. The molecule has 0 saturated carbocycles. The molecule has 0 fully saturated rings. The van der Waals surface area contributed by atoms with Gasteiger partial charge in [0.1, 0.15) is 38.3 Å². The molecule has 0 aliphatic carbocycles. The minimum Gasteiger partial charge on any atom is -0.490 e. The predicted octanol–water partition coefficient (Wildman–Crippen LogP) is 4.25. The van der Waals surface area contributed by atoms with Gasteiger partial charge in [0.2, 0.25) is 0 Å². The van der Waals surface area contributed by atoms with Crippen LogP contribution in [0.4, 0.5) is 0 Å². The number of aliphatic hydroxyl groups excluding tert-OH is 1. The molecule has 0 bridgehead atoms. The van der Waals surface area contributed by atoms with E-state index in [1.165, 1.54) is 6.92 Å². The highest BCUT2D eigenvalue weighted by Gasteiger charge is 2.21. The number of aliphatic hydroxyl groups is 1. The van der Waals surface area contributed by atoms with Crippen molar-refractivity contribution in [1.82, 2.24) is 0 Å². The van der Waals surface area contributed by atoms with Crippen LogP contribution in [0.25, 0.3) is 11.1 Å². The topological polar surface area (TPSA) is 108 Å². The Labute approximate surface area is 210 Å². The zero-order chi connectivity index (χ0) is 26.7. The Morgan fingerprint density at radius 3 is 1.72 bits per heavy atom. The van der Waals surface area contributed by atoms with Gasteiger partial charge in [-0.25, -0.2) is 14.4 Å². The van der Waals surface area contributed by atoms with Crippen molar-refractivity contribution in [2.24, 2.45) is 0 Å². The van der Waals surface area contributed by atoms with Crippen LogP contribution in [0, 0.1) is 0 Å². The standard InChI is InChI=1S/C28H30O8/c1-18(2)20(5)33-14-15-34-27(31)24-12-8-6-10-22(24)23-11-7-9-13-25(23)28(32)36-17-21(29)16-35-26(30)19(3)4/h6-13,21,29H,1,3,5,14-17H2,2,4H3. The fourth-order valence-electron chi connectivity index (χ4n) is 2.88. The molecule has 8 heteroatoms. The Morgan fingerprint density at radius 1 is 0.722 bits per heavy atom. The molecule has 36 heavy (non-hydrogen) atoms. The predicted molar refractivity (Wildman–Crippen MR) is 134 cm³/mol. The highest BCUT2D eigenvalue weighted by atomic mass is 16.6. The normalized spacial score (nSPS) is 11.1. The molecule has 190 valence electrons. The minimum absolute atomic E-state index is 0.00298. The maximum atomic E-state index is 12.8. The number of hydrogen-bond donors (Lipinski definition) is 1. The van der Waals surface area contributed by atoms with Crippen molar-refractivity contribution >= 4 is 17.9 Å². The van der Waals surface area contributed by atoms with Crippen LogP contribution in [0.3, 0.4) is 0 Å². The second-order valence-corrected chi connectivity index (χ2v) is 7.91. The van der Waals surface area contributed by atoms with Crippen LogP contribution in [0.15, 0.2) is 85.2 Å². The molecule has 1 unspecified atom stereocenters. The Kier molecular flexibility index (Phi) is 10.6. The lowest BCUT2D eigenvalue weighted by Crippen LogP contribution is -2.25. The fraction of sp³-hybridized carbons (Fsp3) is 0.250. The summed E-state index contributed by atoms with van der Waals surface area (Å²) in [5.41, 5.74) is 2.22. The van der Waals surface area contributed by atoms with Crippen LogP contribution >= 0.6 is 0 Å². The number of carbonyl (C=O) groups excluding carboxylic acids is 3. The summed E-state index contributed by atoms with van der Waals surface area (Å²) in [6.45, 7) is 13.5. The van der Waals surface area contributed by atoms with Crippen LogP contribution in [-0.4, -0.2) is 55.5 Å². The number of benzene rings is 2. The summed E-state index contributed by atoms with van der Waals surface area (Å²) in [6.07, 6.45) is -1.21. The Balaban J connectivity index is 2.10. The van der Waals surface area contributed by atoms with Crippen molar-refractivity contribution in [3.8, 4) is 11.1 Å². The molecule has 0 radical (unpaired) electrons. The lowest BCUT2D eigenvalue weighted by molar-refractivity contribution is -0.142. The van der Waals surface area contributed by atoms with Gasteiger partial charge in [0, 0.05) is 5.57 Å². The molecule has 0 aliphatic heterocycles. The zero-order valence-corrected chi connectivity index (χ0v) is 20.5. The van der Waals surface area contributed by atoms with E-state index in [9.17, 15) is 19.5 Å². The van der Waals surface area contributed by atoms with Crippen molar-refractivity contribution in [3.05, 3.63) is 96.3 Å². The molecule has 0 aromatic heterocycles. The molecule has 8 nitrogen and oxygen atoms in total. The van der Waals surface area contributed by atoms with Crippen molar-refractivity contribution < 1.29 is 38.4 Å². The molecule has 1 atom stereocenters. The molecule has 2 aromatic carbocycles. The first-order chi connectivity index (χ1) is 17.1. The highest BCUT2D eigenvalue weighted by molar-refractivity contribution is 6.03. The number of hydrogen-bond acceptors (Lipinski definition) is 8. The quantitative estimate of drug-likeness (QED) is 0.110. The van der Waals surface area contributed by atoms with E-state index in [1.54, 1.807) is 55.5 Å². The van der Waals surface area contributed by atoms with E-state index >= 15 is 0 Å². The highest BCUT2D eigenvalue weighted by Crippen LogP contribution is 2.28. The largest absolute Gasteiger partial charge is 0.490 e. The Bertz CT molecular complexity index is 1150. The summed E-state index contributed by atoms with van der Waals surface area (Å²) < 4.78 is 20.8. The monoisotopic (exact) mass is 494 g/mol. The first-order valence-corrected chi connectivity index (χ1v) is 11.1. The maximum Gasteiger partial charge on any atom is 0.338 e. The van der Waals surface area contributed by atoms with Gasteiger partial charge in [0.25, 0.3) is 0 Å². The van der Waals surface area contributed by atoms with E-state index < -0.39 is 30.6 Å². The number of carbonyl (C=O) groups is 3. The van der Waals surface area contributed by atoms with E-state index in [-0.39, 0.29) is 36.5 Å². The van der Waals surface area contributed by atoms with Crippen LogP contribution in [0.2, 0.25) is 0 Å². The average Bonchev–Trinajstić information content (AvgIpc) is 2.87. The second-order valence-electron chi connectivity index (χ2n) is 7.91. The van der Waals surface area contributed by atoms with E-state index in [0.717, 1.165) is 0 Å².